The van der Waals surface area contributed by atoms with E-state index < -0.39 is 0 Å². The Hall–Kier alpha value is -3.28. The van der Waals surface area contributed by atoms with E-state index in [1.165, 1.54) is 0 Å². The van der Waals surface area contributed by atoms with Crippen molar-refractivity contribution in [3.05, 3.63) is 65.2 Å². The summed E-state index contributed by atoms with van der Waals surface area (Å²) in [5.41, 5.74) is 4.95. The number of piperidine rings is 1. The van der Waals surface area contributed by atoms with Gasteiger partial charge in [-0.2, -0.15) is 5.10 Å². The van der Waals surface area contributed by atoms with Crippen molar-refractivity contribution < 1.29 is 9.53 Å². The molecule has 0 spiro atoms. The van der Waals surface area contributed by atoms with E-state index >= 15 is 0 Å². The van der Waals surface area contributed by atoms with Gasteiger partial charge in [0.1, 0.15) is 5.75 Å². The zero-order valence-electron chi connectivity index (χ0n) is 17.7. The first-order chi connectivity index (χ1) is 14.5. The average molecular weight is 405 g/mol. The van der Waals surface area contributed by atoms with Crippen molar-refractivity contribution >= 4 is 11.7 Å². The lowest BCUT2D eigenvalue weighted by Gasteiger charge is -2.32. The van der Waals surface area contributed by atoms with Crippen molar-refractivity contribution in [3.63, 3.8) is 0 Å². The Morgan fingerprint density at radius 3 is 2.53 bits per heavy atom. The molecule has 30 heavy (non-hydrogen) atoms. The average Bonchev–Trinajstić information content (AvgIpc) is 3.26. The van der Waals surface area contributed by atoms with E-state index in [-0.39, 0.29) is 11.9 Å². The van der Waals surface area contributed by atoms with Gasteiger partial charge in [0.15, 0.2) is 5.82 Å². The van der Waals surface area contributed by atoms with E-state index in [9.17, 15) is 4.79 Å². The van der Waals surface area contributed by atoms with Gasteiger partial charge in [-0.05, 0) is 68.1 Å². The minimum Gasteiger partial charge on any atom is -0.497 e. The second kappa shape index (κ2) is 8.61. The number of aryl methyl sites for hydroxylation is 2. The topological polar surface area (TPSA) is 70.2 Å². The van der Waals surface area contributed by atoms with Gasteiger partial charge in [0.05, 0.1) is 12.8 Å². The first-order valence-corrected chi connectivity index (χ1v) is 10.4. The first kappa shape index (κ1) is 20.0. The van der Waals surface area contributed by atoms with Gasteiger partial charge in [-0.3, -0.25) is 9.89 Å². The van der Waals surface area contributed by atoms with Crippen LogP contribution in [0.5, 0.6) is 5.75 Å². The zero-order chi connectivity index (χ0) is 21.1. The van der Waals surface area contributed by atoms with Crippen LogP contribution in [0, 0.1) is 13.8 Å². The Balaban J connectivity index is 1.35. The van der Waals surface area contributed by atoms with Crippen LogP contribution in [0.4, 0.5) is 5.82 Å². The van der Waals surface area contributed by atoms with E-state index in [0.717, 1.165) is 65.4 Å². The Morgan fingerprint density at radius 1 is 1.10 bits per heavy atom. The maximum atomic E-state index is 12.7. The fourth-order valence-electron chi connectivity index (χ4n) is 3.89. The number of ether oxygens (including phenoxy) is 1. The molecule has 1 aromatic heterocycles. The number of anilines is 1. The van der Waals surface area contributed by atoms with Gasteiger partial charge < -0.3 is 15.0 Å². The number of methoxy groups -OCH3 is 1. The molecule has 1 saturated heterocycles. The molecule has 3 aromatic rings. The molecule has 2 N–H and O–H groups in total. The minimum absolute atomic E-state index is 0.0243. The maximum Gasteiger partial charge on any atom is 0.251 e. The molecule has 0 unspecified atom stereocenters. The fraction of sp³-hybridized carbons (Fsp3) is 0.333. The Bertz CT molecular complexity index is 1020. The highest BCUT2D eigenvalue weighted by Gasteiger charge is 2.23. The minimum atomic E-state index is 0.0243. The maximum absolute atomic E-state index is 12.7. The smallest absolute Gasteiger partial charge is 0.251 e. The molecule has 2 heterocycles. The van der Waals surface area contributed by atoms with E-state index in [2.05, 4.69) is 26.5 Å². The summed E-state index contributed by atoms with van der Waals surface area (Å²) in [6, 6.07) is 16.2. The first-order valence-electron chi connectivity index (χ1n) is 10.4. The lowest BCUT2D eigenvalue weighted by molar-refractivity contribution is 0.0930. The van der Waals surface area contributed by atoms with Crippen LogP contribution in [-0.4, -0.2) is 42.3 Å². The number of benzene rings is 2. The van der Waals surface area contributed by atoms with Crippen molar-refractivity contribution in [3.8, 4) is 17.0 Å². The third-order valence-corrected chi connectivity index (χ3v) is 5.76. The number of carbonyl (C=O) groups excluding carboxylic acids is 1. The largest absolute Gasteiger partial charge is 0.497 e. The Kier molecular flexibility index (Phi) is 5.74. The zero-order valence-corrected chi connectivity index (χ0v) is 17.7. The molecule has 2 aromatic carbocycles. The number of nitrogens with zero attached hydrogens (tertiary/aromatic N) is 2. The number of amides is 1. The lowest BCUT2D eigenvalue weighted by atomic mass is 10.0. The van der Waals surface area contributed by atoms with Gasteiger partial charge in [0, 0.05) is 30.8 Å². The summed E-state index contributed by atoms with van der Waals surface area (Å²) in [5, 5.41) is 10.8. The summed E-state index contributed by atoms with van der Waals surface area (Å²) in [6.45, 7) is 5.73. The number of H-pyrrole nitrogens is 1. The summed E-state index contributed by atoms with van der Waals surface area (Å²) in [4.78, 5) is 15.0. The molecule has 0 saturated carbocycles. The van der Waals surface area contributed by atoms with E-state index in [0.29, 0.717) is 0 Å². The monoisotopic (exact) mass is 404 g/mol. The summed E-state index contributed by atoms with van der Waals surface area (Å²) < 4.78 is 5.22. The predicted molar refractivity (Wildman–Crippen MR) is 119 cm³/mol. The molecule has 1 aliphatic heterocycles. The van der Waals surface area contributed by atoms with Crippen molar-refractivity contribution in [2.24, 2.45) is 0 Å². The molecular formula is C24H28N4O2. The number of rotatable bonds is 5. The molecule has 0 radical (unpaired) electrons. The summed E-state index contributed by atoms with van der Waals surface area (Å²) in [5.74, 6) is 1.81. The molecular weight excluding hydrogens is 376 g/mol. The van der Waals surface area contributed by atoms with Crippen molar-refractivity contribution in [1.82, 2.24) is 15.5 Å². The third-order valence-electron chi connectivity index (χ3n) is 5.76. The summed E-state index contributed by atoms with van der Waals surface area (Å²) >= 11 is 0. The van der Waals surface area contributed by atoms with Crippen LogP contribution >= 0.6 is 0 Å². The number of carbonyl (C=O) groups is 1. The van der Waals surface area contributed by atoms with Crippen LogP contribution in [0.2, 0.25) is 0 Å². The van der Waals surface area contributed by atoms with Crippen LogP contribution in [0.3, 0.4) is 0 Å². The lowest BCUT2D eigenvalue weighted by Crippen LogP contribution is -2.45. The third kappa shape index (κ3) is 4.32. The van der Waals surface area contributed by atoms with Gasteiger partial charge >= 0.3 is 0 Å². The predicted octanol–water partition coefficient (Wildman–Crippen LogP) is 4.10. The second-order valence-corrected chi connectivity index (χ2v) is 7.92. The van der Waals surface area contributed by atoms with E-state index in [4.69, 9.17) is 4.74 Å². The molecule has 1 aliphatic rings. The van der Waals surface area contributed by atoms with Crippen LogP contribution < -0.4 is 15.0 Å². The molecule has 1 amide bonds. The molecule has 0 atom stereocenters. The molecule has 4 rings (SSSR count). The SMILES string of the molecule is COc1ccc(-c2cc(N3CCC(NC(=O)c4cc(C)ccc4C)CC3)n[nH]2)cc1. The van der Waals surface area contributed by atoms with Crippen molar-refractivity contribution in [2.45, 2.75) is 32.7 Å². The van der Waals surface area contributed by atoms with Crippen LogP contribution in [0.1, 0.15) is 34.3 Å². The second-order valence-electron chi connectivity index (χ2n) is 7.92. The molecule has 6 heteroatoms. The quantitative estimate of drug-likeness (QED) is 0.672. The van der Waals surface area contributed by atoms with Crippen molar-refractivity contribution in [2.75, 3.05) is 25.1 Å². The van der Waals surface area contributed by atoms with Crippen molar-refractivity contribution in [1.29, 1.82) is 0 Å². The molecule has 156 valence electrons. The van der Waals surface area contributed by atoms with E-state index in [1.807, 2.05) is 56.3 Å². The van der Waals surface area contributed by atoms with Gasteiger partial charge in [-0.15, -0.1) is 0 Å². The van der Waals surface area contributed by atoms with Gasteiger partial charge in [0.25, 0.3) is 5.91 Å². The van der Waals surface area contributed by atoms with Gasteiger partial charge in [0.2, 0.25) is 0 Å². The Morgan fingerprint density at radius 2 is 1.83 bits per heavy atom. The number of aromatic nitrogens is 2. The molecule has 0 aliphatic carbocycles. The molecule has 6 nitrogen and oxygen atoms in total. The highest BCUT2D eigenvalue weighted by molar-refractivity contribution is 5.96. The fourth-order valence-corrected chi connectivity index (χ4v) is 3.89. The summed E-state index contributed by atoms with van der Waals surface area (Å²) in [7, 11) is 1.66. The number of nitrogens with one attached hydrogen (secondary N) is 2. The standard InChI is InChI=1S/C24H28N4O2/c1-16-4-5-17(2)21(14-16)24(29)25-19-10-12-28(13-11-19)23-15-22(26-27-23)18-6-8-20(30-3)9-7-18/h4-9,14-15,19H,10-13H2,1-3H3,(H,25,29)(H,26,27). The van der Waals surface area contributed by atoms with Crippen LogP contribution in [-0.2, 0) is 0 Å². The normalized spacial score (nSPS) is 14.6. The summed E-state index contributed by atoms with van der Waals surface area (Å²) in [6.07, 6.45) is 1.81. The Labute approximate surface area is 177 Å². The van der Waals surface area contributed by atoms with Crippen LogP contribution in [0.25, 0.3) is 11.3 Å². The number of hydrogen-bond acceptors (Lipinski definition) is 4. The number of hydrogen-bond donors (Lipinski definition) is 2. The number of aromatic amines is 1. The molecule has 1 fully saturated rings. The van der Waals surface area contributed by atoms with Gasteiger partial charge in [-0.25, -0.2) is 0 Å². The van der Waals surface area contributed by atoms with Crippen LogP contribution in [0.15, 0.2) is 48.5 Å². The van der Waals surface area contributed by atoms with E-state index in [1.54, 1.807) is 7.11 Å². The van der Waals surface area contributed by atoms with Gasteiger partial charge in [-0.1, -0.05) is 17.7 Å². The highest BCUT2D eigenvalue weighted by atomic mass is 16.5. The molecule has 0 bridgehead atoms. The highest BCUT2D eigenvalue weighted by Crippen LogP contribution is 2.26.